The van der Waals surface area contributed by atoms with Gasteiger partial charge in [-0.3, -0.25) is 0 Å². The SMILES string of the molecule is CC(C)c1ccc(NC(N)=O)c(C(F)(F)F)c1. The van der Waals surface area contributed by atoms with Crippen LogP contribution in [-0.2, 0) is 6.18 Å². The van der Waals surface area contributed by atoms with E-state index in [0.29, 0.717) is 5.56 Å². The van der Waals surface area contributed by atoms with Gasteiger partial charge in [0.15, 0.2) is 0 Å². The fourth-order valence-corrected chi connectivity index (χ4v) is 1.40. The molecule has 0 aliphatic heterocycles. The summed E-state index contributed by atoms with van der Waals surface area (Å²) in [5, 5.41) is 1.96. The van der Waals surface area contributed by atoms with E-state index in [1.54, 1.807) is 13.8 Å². The Bertz CT molecular complexity index is 427. The average Bonchev–Trinajstić information content (AvgIpc) is 2.15. The van der Waals surface area contributed by atoms with E-state index in [9.17, 15) is 18.0 Å². The largest absolute Gasteiger partial charge is 0.418 e. The van der Waals surface area contributed by atoms with Crippen molar-refractivity contribution in [1.82, 2.24) is 0 Å². The van der Waals surface area contributed by atoms with Gasteiger partial charge < -0.3 is 11.1 Å². The van der Waals surface area contributed by atoms with Gasteiger partial charge in [-0.2, -0.15) is 13.2 Å². The highest BCUT2D eigenvalue weighted by Crippen LogP contribution is 2.36. The number of amides is 2. The average molecular weight is 246 g/mol. The predicted molar refractivity (Wildman–Crippen MR) is 58.7 cm³/mol. The first-order chi connectivity index (χ1) is 7.71. The number of benzene rings is 1. The quantitative estimate of drug-likeness (QED) is 0.826. The molecule has 0 radical (unpaired) electrons. The maximum Gasteiger partial charge on any atom is 0.418 e. The van der Waals surface area contributed by atoms with Crippen molar-refractivity contribution in [2.75, 3.05) is 5.32 Å². The molecule has 1 rings (SSSR count). The molecule has 0 aliphatic carbocycles. The molecule has 3 nitrogen and oxygen atoms in total. The van der Waals surface area contributed by atoms with Gasteiger partial charge in [-0.25, -0.2) is 4.79 Å². The Morgan fingerprint density at radius 2 is 1.94 bits per heavy atom. The van der Waals surface area contributed by atoms with E-state index in [2.05, 4.69) is 0 Å². The molecule has 0 fully saturated rings. The minimum absolute atomic E-state index is 0.0290. The number of halogens is 3. The van der Waals surface area contributed by atoms with Gasteiger partial charge in [-0.1, -0.05) is 19.9 Å². The molecule has 1 aromatic carbocycles. The lowest BCUT2D eigenvalue weighted by Crippen LogP contribution is -2.22. The second-order valence-corrected chi connectivity index (χ2v) is 3.95. The van der Waals surface area contributed by atoms with Gasteiger partial charge in [0.25, 0.3) is 0 Å². The van der Waals surface area contributed by atoms with E-state index in [1.165, 1.54) is 12.1 Å². The van der Waals surface area contributed by atoms with E-state index in [0.717, 1.165) is 6.07 Å². The van der Waals surface area contributed by atoms with Crippen molar-refractivity contribution >= 4 is 11.7 Å². The van der Waals surface area contributed by atoms with Crippen LogP contribution in [0, 0.1) is 0 Å². The van der Waals surface area contributed by atoms with E-state index in [-0.39, 0.29) is 11.6 Å². The Morgan fingerprint density at radius 1 is 1.35 bits per heavy atom. The van der Waals surface area contributed by atoms with Crippen molar-refractivity contribution in [2.45, 2.75) is 25.9 Å². The Balaban J connectivity index is 3.27. The number of anilines is 1. The standard InChI is InChI=1S/C11H13F3N2O/c1-6(2)7-3-4-9(16-10(15)17)8(5-7)11(12,13)14/h3-6H,1-2H3,(H3,15,16,17). The van der Waals surface area contributed by atoms with Crippen LogP contribution in [0.2, 0.25) is 0 Å². The molecule has 94 valence electrons. The summed E-state index contributed by atoms with van der Waals surface area (Å²) in [5.74, 6) is -0.0290. The van der Waals surface area contributed by atoms with Gasteiger partial charge in [0.05, 0.1) is 11.3 Å². The Hall–Kier alpha value is -1.72. The molecule has 6 heteroatoms. The maximum absolute atomic E-state index is 12.8. The molecule has 0 bridgehead atoms. The van der Waals surface area contributed by atoms with Gasteiger partial charge in [0, 0.05) is 0 Å². The number of urea groups is 1. The molecule has 0 aliphatic rings. The molecule has 0 aromatic heterocycles. The van der Waals surface area contributed by atoms with Crippen LogP contribution in [0.3, 0.4) is 0 Å². The number of primary amides is 1. The molecule has 0 saturated heterocycles. The molecule has 0 atom stereocenters. The van der Waals surface area contributed by atoms with Crippen molar-refractivity contribution < 1.29 is 18.0 Å². The summed E-state index contributed by atoms with van der Waals surface area (Å²) in [4.78, 5) is 10.6. The molecule has 0 heterocycles. The number of hydrogen-bond donors (Lipinski definition) is 2. The monoisotopic (exact) mass is 246 g/mol. The summed E-state index contributed by atoms with van der Waals surface area (Å²) in [6.07, 6.45) is -4.53. The number of carbonyl (C=O) groups excluding carboxylic acids is 1. The van der Waals surface area contributed by atoms with Gasteiger partial charge in [-0.15, -0.1) is 0 Å². The number of alkyl halides is 3. The first-order valence-electron chi connectivity index (χ1n) is 4.99. The topological polar surface area (TPSA) is 55.1 Å². The van der Waals surface area contributed by atoms with Crippen LogP contribution in [0.25, 0.3) is 0 Å². The molecular formula is C11H13F3N2O. The fourth-order valence-electron chi connectivity index (χ4n) is 1.40. The van der Waals surface area contributed by atoms with Gasteiger partial charge in [0.2, 0.25) is 0 Å². The predicted octanol–water partition coefficient (Wildman–Crippen LogP) is 3.32. The minimum atomic E-state index is -4.53. The maximum atomic E-state index is 12.8. The minimum Gasteiger partial charge on any atom is -0.351 e. The number of nitrogens with two attached hydrogens (primary N) is 1. The molecule has 3 N–H and O–H groups in total. The van der Waals surface area contributed by atoms with Crippen LogP contribution in [0.1, 0.15) is 30.9 Å². The summed E-state index contributed by atoms with van der Waals surface area (Å²) in [6, 6.07) is 2.75. The lowest BCUT2D eigenvalue weighted by Gasteiger charge is -2.15. The summed E-state index contributed by atoms with van der Waals surface area (Å²) >= 11 is 0. The van der Waals surface area contributed by atoms with Gasteiger partial charge >= 0.3 is 12.2 Å². The third-order valence-electron chi connectivity index (χ3n) is 2.27. The van der Waals surface area contributed by atoms with Crippen molar-refractivity contribution in [3.8, 4) is 0 Å². The molecule has 0 saturated carbocycles. The van der Waals surface area contributed by atoms with E-state index in [1.807, 2.05) is 5.32 Å². The number of rotatable bonds is 2. The lowest BCUT2D eigenvalue weighted by molar-refractivity contribution is -0.137. The first-order valence-corrected chi connectivity index (χ1v) is 4.99. The second kappa shape index (κ2) is 4.65. The summed E-state index contributed by atoms with van der Waals surface area (Å²) < 4.78 is 38.3. The fraction of sp³-hybridized carbons (Fsp3) is 0.364. The van der Waals surface area contributed by atoms with E-state index < -0.39 is 17.8 Å². The Kier molecular flexibility index (Phi) is 3.65. The zero-order valence-corrected chi connectivity index (χ0v) is 9.43. The number of nitrogens with one attached hydrogen (secondary N) is 1. The molecule has 0 spiro atoms. The van der Waals surface area contributed by atoms with E-state index in [4.69, 9.17) is 5.73 Å². The van der Waals surface area contributed by atoms with Crippen molar-refractivity contribution in [3.63, 3.8) is 0 Å². The van der Waals surface area contributed by atoms with Crippen molar-refractivity contribution in [2.24, 2.45) is 5.73 Å². The summed E-state index contributed by atoms with van der Waals surface area (Å²) in [7, 11) is 0. The summed E-state index contributed by atoms with van der Waals surface area (Å²) in [6.45, 7) is 3.58. The zero-order chi connectivity index (χ0) is 13.2. The lowest BCUT2D eigenvalue weighted by atomic mass is 9.99. The van der Waals surface area contributed by atoms with Gasteiger partial charge in [0.1, 0.15) is 0 Å². The Morgan fingerprint density at radius 3 is 2.35 bits per heavy atom. The molecular weight excluding hydrogens is 233 g/mol. The highest BCUT2D eigenvalue weighted by atomic mass is 19.4. The molecule has 2 amide bonds. The molecule has 17 heavy (non-hydrogen) atoms. The third-order valence-corrected chi connectivity index (χ3v) is 2.27. The van der Waals surface area contributed by atoms with Crippen molar-refractivity contribution in [3.05, 3.63) is 29.3 Å². The van der Waals surface area contributed by atoms with Gasteiger partial charge in [-0.05, 0) is 23.6 Å². The van der Waals surface area contributed by atoms with Crippen molar-refractivity contribution in [1.29, 1.82) is 0 Å². The third kappa shape index (κ3) is 3.37. The smallest absolute Gasteiger partial charge is 0.351 e. The van der Waals surface area contributed by atoms with Crippen LogP contribution in [0.4, 0.5) is 23.7 Å². The molecule has 1 aromatic rings. The first kappa shape index (κ1) is 13.3. The van der Waals surface area contributed by atoms with Crippen LogP contribution in [0.5, 0.6) is 0 Å². The zero-order valence-electron chi connectivity index (χ0n) is 9.43. The molecule has 0 unspecified atom stereocenters. The van der Waals surface area contributed by atoms with Crippen LogP contribution in [0.15, 0.2) is 18.2 Å². The normalized spacial score (nSPS) is 11.6. The van der Waals surface area contributed by atoms with Crippen LogP contribution < -0.4 is 11.1 Å². The summed E-state index contributed by atoms with van der Waals surface area (Å²) in [5.41, 5.74) is 4.15. The van der Waals surface area contributed by atoms with E-state index >= 15 is 0 Å². The second-order valence-electron chi connectivity index (χ2n) is 3.95. The van der Waals surface area contributed by atoms with Crippen LogP contribution in [-0.4, -0.2) is 6.03 Å². The highest BCUT2D eigenvalue weighted by Gasteiger charge is 2.34. The van der Waals surface area contributed by atoms with Crippen LogP contribution >= 0.6 is 0 Å². The number of carbonyl (C=O) groups is 1. The number of hydrogen-bond acceptors (Lipinski definition) is 1. The highest BCUT2D eigenvalue weighted by molar-refractivity contribution is 5.88. The Labute approximate surface area is 96.8 Å².